The SMILES string of the molecule is COc1ccc([C@@H]2[C@H]3C(c4ccc(Cl)cc4)=N[C@H](c4ccc(F)cc4)N32)cc1. The Morgan fingerprint density at radius 2 is 1.50 bits per heavy atom. The van der Waals surface area contributed by atoms with Crippen LogP contribution in [0.25, 0.3) is 0 Å². The minimum absolute atomic E-state index is 0.122. The second-order valence-corrected chi connectivity index (χ2v) is 7.49. The van der Waals surface area contributed by atoms with Gasteiger partial charge in [-0.25, -0.2) is 4.39 Å². The van der Waals surface area contributed by atoms with E-state index < -0.39 is 0 Å². The van der Waals surface area contributed by atoms with Gasteiger partial charge in [0.2, 0.25) is 0 Å². The van der Waals surface area contributed by atoms with Gasteiger partial charge in [-0.1, -0.05) is 48.0 Å². The molecule has 1 saturated heterocycles. The van der Waals surface area contributed by atoms with Gasteiger partial charge < -0.3 is 4.74 Å². The van der Waals surface area contributed by atoms with E-state index >= 15 is 0 Å². The summed E-state index contributed by atoms with van der Waals surface area (Å²) >= 11 is 6.06. The third-order valence-corrected chi connectivity index (χ3v) is 5.69. The fourth-order valence-electron chi connectivity index (χ4n) is 4.02. The van der Waals surface area contributed by atoms with E-state index in [1.165, 1.54) is 17.7 Å². The number of benzene rings is 3. The molecule has 5 heteroatoms. The van der Waals surface area contributed by atoms with Crippen molar-refractivity contribution in [1.29, 1.82) is 0 Å². The third kappa shape index (κ3) is 2.89. The normalized spacial score (nSPS) is 25.2. The van der Waals surface area contributed by atoms with E-state index in [0.29, 0.717) is 5.02 Å². The Labute approximate surface area is 168 Å². The van der Waals surface area contributed by atoms with Crippen LogP contribution in [0.4, 0.5) is 4.39 Å². The average molecular weight is 393 g/mol. The Balaban J connectivity index is 1.53. The lowest BCUT2D eigenvalue weighted by Gasteiger charge is -2.15. The molecule has 0 radical (unpaired) electrons. The van der Waals surface area contributed by atoms with Gasteiger partial charge in [-0.2, -0.15) is 0 Å². The highest BCUT2D eigenvalue weighted by molar-refractivity contribution is 6.30. The van der Waals surface area contributed by atoms with E-state index in [4.69, 9.17) is 21.3 Å². The van der Waals surface area contributed by atoms with E-state index in [1.54, 1.807) is 7.11 Å². The van der Waals surface area contributed by atoms with Crippen LogP contribution in [0.15, 0.2) is 77.8 Å². The van der Waals surface area contributed by atoms with Gasteiger partial charge in [0.1, 0.15) is 17.7 Å². The maximum Gasteiger partial charge on any atom is 0.129 e. The highest BCUT2D eigenvalue weighted by Gasteiger charge is 2.59. The van der Waals surface area contributed by atoms with Crippen LogP contribution in [0.2, 0.25) is 5.02 Å². The lowest BCUT2D eigenvalue weighted by molar-refractivity contribution is 0.402. The van der Waals surface area contributed by atoms with E-state index in [-0.39, 0.29) is 24.1 Å². The molecule has 4 atom stereocenters. The monoisotopic (exact) mass is 392 g/mol. The molecule has 0 N–H and O–H groups in total. The molecule has 2 heterocycles. The van der Waals surface area contributed by atoms with Crippen LogP contribution in [0.1, 0.15) is 28.9 Å². The van der Waals surface area contributed by atoms with Gasteiger partial charge in [-0.05, 0) is 53.1 Å². The molecule has 140 valence electrons. The lowest BCUT2D eigenvalue weighted by Crippen LogP contribution is -2.08. The second-order valence-electron chi connectivity index (χ2n) is 7.06. The van der Waals surface area contributed by atoms with Crippen LogP contribution in [0, 0.1) is 5.82 Å². The predicted octanol–water partition coefficient (Wildman–Crippen LogP) is 5.41. The molecule has 0 aromatic heterocycles. The van der Waals surface area contributed by atoms with E-state index in [0.717, 1.165) is 22.6 Å². The number of methoxy groups -OCH3 is 1. The fourth-order valence-corrected chi connectivity index (χ4v) is 4.15. The summed E-state index contributed by atoms with van der Waals surface area (Å²) in [5.74, 6) is 0.601. The summed E-state index contributed by atoms with van der Waals surface area (Å²) in [5, 5.41) is 0.705. The molecule has 28 heavy (non-hydrogen) atoms. The Morgan fingerprint density at radius 1 is 0.857 bits per heavy atom. The summed E-state index contributed by atoms with van der Waals surface area (Å²) in [4.78, 5) is 7.34. The first kappa shape index (κ1) is 17.4. The van der Waals surface area contributed by atoms with Crippen molar-refractivity contribution >= 4 is 17.3 Å². The summed E-state index contributed by atoms with van der Waals surface area (Å²) in [5.41, 5.74) is 4.33. The molecule has 0 aliphatic carbocycles. The summed E-state index contributed by atoms with van der Waals surface area (Å²) in [6.07, 6.45) is -0.122. The van der Waals surface area contributed by atoms with E-state index in [2.05, 4.69) is 17.0 Å². The van der Waals surface area contributed by atoms with Crippen LogP contribution >= 0.6 is 11.6 Å². The van der Waals surface area contributed by atoms with Crippen LogP contribution in [-0.2, 0) is 0 Å². The quantitative estimate of drug-likeness (QED) is 0.554. The minimum atomic E-state index is -0.238. The number of hydrogen-bond donors (Lipinski definition) is 0. The number of rotatable bonds is 4. The number of halogens is 2. The molecule has 1 fully saturated rings. The molecule has 3 aromatic rings. The van der Waals surface area contributed by atoms with E-state index in [1.807, 2.05) is 48.5 Å². The van der Waals surface area contributed by atoms with Crippen LogP contribution in [0.3, 0.4) is 0 Å². The van der Waals surface area contributed by atoms with Crippen molar-refractivity contribution in [2.75, 3.05) is 7.11 Å². The van der Waals surface area contributed by atoms with Crippen molar-refractivity contribution in [3.8, 4) is 5.75 Å². The molecule has 2 aliphatic heterocycles. The number of fused-ring (bicyclic) bond motifs is 1. The number of ether oxygens (including phenoxy) is 1. The van der Waals surface area contributed by atoms with Gasteiger partial charge >= 0.3 is 0 Å². The van der Waals surface area contributed by atoms with Crippen molar-refractivity contribution in [3.05, 3.63) is 100 Å². The van der Waals surface area contributed by atoms with Gasteiger partial charge in [0.05, 0.1) is 24.9 Å². The zero-order valence-corrected chi connectivity index (χ0v) is 16.0. The first-order valence-corrected chi connectivity index (χ1v) is 9.54. The third-order valence-electron chi connectivity index (χ3n) is 5.44. The summed E-state index contributed by atoms with van der Waals surface area (Å²) in [6, 6.07) is 23.0. The first-order chi connectivity index (χ1) is 13.7. The first-order valence-electron chi connectivity index (χ1n) is 9.16. The smallest absolute Gasteiger partial charge is 0.129 e. The second kappa shape index (κ2) is 6.73. The standard InChI is InChI=1S/C23H18ClFN2O/c1-28-19-12-6-15(7-13-19)21-22-20(14-2-8-17(24)9-3-14)26-23(27(21)22)16-4-10-18(25)11-5-16/h2-13,21-23H,1H3/t21-,22-,23+,27?/m1/s1. The zero-order valence-electron chi connectivity index (χ0n) is 15.2. The van der Waals surface area contributed by atoms with Crippen molar-refractivity contribution in [3.63, 3.8) is 0 Å². The van der Waals surface area contributed by atoms with Gasteiger partial charge in [0, 0.05) is 5.02 Å². The lowest BCUT2D eigenvalue weighted by atomic mass is 10.0. The largest absolute Gasteiger partial charge is 0.497 e. The highest BCUT2D eigenvalue weighted by Crippen LogP contribution is 2.55. The van der Waals surface area contributed by atoms with Crippen LogP contribution in [0.5, 0.6) is 5.75 Å². The molecule has 0 spiro atoms. The van der Waals surface area contributed by atoms with Crippen molar-refractivity contribution in [2.24, 2.45) is 4.99 Å². The summed E-state index contributed by atoms with van der Waals surface area (Å²) in [7, 11) is 1.67. The maximum absolute atomic E-state index is 13.4. The topological polar surface area (TPSA) is 24.6 Å². The Bertz CT molecular complexity index is 1030. The summed E-state index contributed by atoms with van der Waals surface area (Å²) in [6.45, 7) is 0. The minimum Gasteiger partial charge on any atom is -0.497 e. The molecule has 1 unspecified atom stereocenters. The van der Waals surface area contributed by atoms with Gasteiger partial charge in [-0.3, -0.25) is 9.89 Å². The van der Waals surface area contributed by atoms with Crippen LogP contribution in [-0.4, -0.2) is 23.8 Å². The predicted molar refractivity (Wildman–Crippen MR) is 108 cm³/mol. The molecular weight excluding hydrogens is 375 g/mol. The van der Waals surface area contributed by atoms with Crippen molar-refractivity contribution in [1.82, 2.24) is 4.90 Å². The van der Waals surface area contributed by atoms with E-state index in [9.17, 15) is 4.39 Å². The van der Waals surface area contributed by atoms with Gasteiger partial charge in [0.15, 0.2) is 0 Å². The molecule has 3 aromatic carbocycles. The maximum atomic E-state index is 13.4. The Hall–Kier alpha value is -2.69. The van der Waals surface area contributed by atoms with Crippen LogP contribution < -0.4 is 4.74 Å². The molecule has 2 aliphatic rings. The van der Waals surface area contributed by atoms with Gasteiger partial charge in [-0.15, -0.1) is 0 Å². The Kier molecular flexibility index (Phi) is 4.18. The molecule has 3 nitrogen and oxygen atoms in total. The molecule has 0 saturated carbocycles. The Morgan fingerprint density at radius 3 is 2.14 bits per heavy atom. The number of hydrogen-bond acceptors (Lipinski definition) is 3. The van der Waals surface area contributed by atoms with Crippen molar-refractivity contribution in [2.45, 2.75) is 18.2 Å². The number of nitrogens with zero attached hydrogens (tertiary/aromatic N) is 2. The molecule has 5 rings (SSSR count). The fraction of sp³-hybridized carbons (Fsp3) is 0.174. The highest BCUT2D eigenvalue weighted by atomic mass is 35.5. The molecule has 0 bridgehead atoms. The molecule has 0 amide bonds. The number of aliphatic imine (C=N–C) groups is 1. The molecular formula is C23H18ClFN2O. The average Bonchev–Trinajstić information content (AvgIpc) is 3.34. The summed E-state index contributed by atoms with van der Waals surface area (Å²) < 4.78 is 18.7. The zero-order chi connectivity index (χ0) is 19.3. The van der Waals surface area contributed by atoms with Crippen molar-refractivity contribution < 1.29 is 9.13 Å². The van der Waals surface area contributed by atoms with Gasteiger partial charge in [0.25, 0.3) is 0 Å².